The van der Waals surface area contributed by atoms with E-state index in [4.69, 9.17) is 5.73 Å². The molecule has 0 aliphatic heterocycles. The van der Waals surface area contributed by atoms with Crippen LogP contribution in [0.25, 0.3) is 0 Å². The number of amides is 1. The summed E-state index contributed by atoms with van der Waals surface area (Å²) in [5, 5.41) is 3.15. The van der Waals surface area contributed by atoms with E-state index in [0.717, 1.165) is 23.3 Å². The summed E-state index contributed by atoms with van der Waals surface area (Å²) < 4.78 is 37.9. The Balaban J connectivity index is 0.00000392. The summed E-state index contributed by atoms with van der Waals surface area (Å²) in [6, 6.07) is 11.9. The van der Waals surface area contributed by atoms with Crippen LogP contribution in [0.3, 0.4) is 0 Å². The van der Waals surface area contributed by atoms with Crippen molar-refractivity contribution in [2.24, 2.45) is 10.7 Å². The van der Waals surface area contributed by atoms with Gasteiger partial charge in [0.2, 0.25) is 5.91 Å². The predicted molar refractivity (Wildman–Crippen MR) is 113 cm³/mol. The summed E-state index contributed by atoms with van der Waals surface area (Å²) >= 11 is 0. The van der Waals surface area contributed by atoms with E-state index < -0.39 is 17.6 Å². The third-order valence-corrected chi connectivity index (χ3v) is 3.94. The van der Waals surface area contributed by atoms with Crippen molar-refractivity contribution < 1.29 is 18.0 Å². The van der Waals surface area contributed by atoms with E-state index in [9.17, 15) is 18.0 Å². The summed E-state index contributed by atoms with van der Waals surface area (Å²) in [6.07, 6.45) is -4.35. The summed E-state index contributed by atoms with van der Waals surface area (Å²) in [5.74, 6) is 0.0695. The maximum atomic E-state index is 12.6. The van der Waals surface area contributed by atoms with Gasteiger partial charge in [0.25, 0.3) is 0 Å². The van der Waals surface area contributed by atoms with Crippen molar-refractivity contribution in [3.63, 3.8) is 0 Å². The molecule has 0 spiro atoms. The van der Waals surface area contributed by atoms with Crippen LogP contribution >= 0.6 is 24.0 Å². The van der Waals surface area contributed by atoms with Gasteiger partial charge < -0.3 is 16.0 Å². The second-order valence-electron chi connectivity index (χ2n) is 6.02. The second kappa shape index (κ2) is 10.3. The highest BCUT2D eigenvalue weighted by molar-refractivity contribution is 14.0. The zero-order valence-electron chi connectivity index (χ0n) is 15.5. The molecular weight excluding hydrogens is 484 g/mol. The van der Waals surface area contributed by atoms with Crippen LogP contribution in [0.5, 0.6) is 0 Å². The zero-order valence-corrected chi connectivity index (χ0v) is 17.8. The fourth-order valence-electron chi connectivity index (χ4n) is 2.55. The van der Waals surface area contributed by atoms with Gasteiger partial charge in [-0.05, 0) is 35.4 Å². The molecule has 0 fully saturated rings. The Bertz CT molecular complexity index is 823. The van der Waals surface area contributed by atoms with Crippen molar-refractivity contribution in [1.82, 2.24) is 10.2 Å². The van der Waals surface area contributed by atoms with E-state index in [-0.39, 0.29) is 24.0 Å². The van der Waals surface area contributed by atoms with E-state index in [2.05, 4.69) is 10.3 Å². The number of nitrogens with two attached hydrogens (primary N) is 1. The summed E-state index contributed by atoms with van der Waals surface area (Å²) in [7, 11) is 3.40. The molecule has 0 aliphatic carbocycles. The van der Waals surface area contributed by atoms with Crippen LogP contribution in [-0.2, 0) is 19.3 Å². The number of carbonyl (C=O) groups excluding carboxylic acids is 1. The molecule has 0 atom stereocenters. The highest BCUT2D eigenvalue weighted by Crippen LogP contribution is 2.29. The molecule has 1 amide bonds. The Morgan fingerprint density at radius 3 is 2.32 bits per heavy atom. The van der Waals surface area contributed by atoms with Gasteiger partial charge in [0.1, 0.15) is 0 Å². The molecule has 0 heterocycles. The quantitative estimate of drug-likeness (QED) is 0.370. The molecule has 9 heteroatoms. The van der Waals surface area contributed by atoms with Gasteiger partial charge in [-0.25, -0.2) is 0 Å². The molecule has 2 aromatic carbocycles. The summed E-state index contributed by atoms with van der Waals surface area (Å²) in [6.45, 7) is 0.810. The summed E-state index contributed by atoms with van der Waals surface area (Å²) in [4.78, 5) is 17.2. The lowest BCUT2D eigenvalue weighted by atomic mass is 10.1. The number of guanidine groups is 1. The van der Waals surface area contributed by atoms with Gasteiger partial charge in [0.15, 0.2) is 5.96 Å². The van der Waals surface area contributed by atoms with Gasteiger partial charge in [-0.3, -0.25) is 9.79 Å². The monoisotopic (exact) mass is 506 g/mol. The van der Waals surface area contributed by atoms with E-state index >= 15 is 0 Å². The number of alkyl halides is 3. The minimum Gasteiger partial charge on any atom is -0.366 e. The molecule has 0 radical (unpaired) electrons. The van der Waals surface area contributed by atoms with Crippen molar-refractivity contribution >= 4 is 35.8 Å². The van der Waals surface area contributed by atoms with Gasteiger partial charge >= 0.3 is 6.18 Å². The smallest absolute Gasteiger partial charge is 0.366 e. The number of primary amides is 1. The first-order chi connectivity index (χ1) is 12.7. The molecule has 2 rings (SSSR count). The molecule has 5 nitrogen and oxygen atoms in total. The van der Waals surface area contributed by atoms with Crippen LogP contribution in [0.2, 0.25) is 0 Å². The fraction of sp³-hybridized carbons (Fsp3) is 0.263. The average molecular weight is 506 g/mol. The molecule has 0 aliphatic rings. The number of aliphatic imine (C=N–C) groups is 1. The van der Waals surface area contributed by atoms with Crippen LogP contribution in [0, 0.1) is 0 Å². The van der Waals surface area contributed by atoms with Crippen molar-refractivity contribution in [3.05, 3.63) is 70.8 Å². The lowest BCUT2D eigenvalue weighted by Gasteiger charge is -2.22. The van der Waals surface area contributed by atoms with Crippen LogP contribution in [0.1, 0.15) is 27.0 Å². The number of hydrogen-bond donors (Lipinski definition) is 2. The molecule has 3 N–H and O–H groups in total. The first-order valence-corrected chi connectivity index (χ1v) is 8.17. The van der Waals surface area contributed by atoms with Gasteiger partial charge in [0.05, 0.1) is 5.56 Å². The number of hydrogen-bond acceptors (Lipinski definition) is 2. The molecule has 0 saturated heterocycles. The normalized spacial score (nSPS) is 11.5. The maximum Gasteiger partial charge on any atom is 0.416 e. The predicted octanol–water partition coefficient (Wildman–Crippen LogP) is 3.63. The first kappa shape index (κ1) is 23.7. The molecule has 0 bridgehead atoms. The number of rotatable bonds is 5. The highest BCUT2D eigenvalue weighted by Gasteiger charge is 2.29. The topological polar surface area (TPSA) is 70.7 Å². The van der Waals surface area contributed by atoms with Gasteiger partial charge in [-0.1, -0.05) is 24.3 Å². The molecule has 2 aromatic rings. The van der Waals surface area contributed by atoms with Crippen molar-refractivity contribution in [3.8, 4) is 0 Å². The Labute approximate surface area is 178 Å². The molecule has 0 aromatic heterocycles. The molecule has 152 valence electrons. The van der Waals surface area contributed by atoms with Crippen LogP contribution in [0.4, 0.5) is 13.2 Å². The van der Waals surface area contributed by atoms with Crippen molar-refractivity contribution in [1.29, 1.82) is 0 Å². The third-order valence-electron chi connectivity index (χ3n) is 3.94. The van der Waals surface area contributed by atoms with Gasteiger partial charge in [0, 0.05) is 32.7 Å². The number of nitrogens with one attached hydrogen (secondary N) is 1. The Kier molecular flexibility index (Phi) is 8.73. The average Bonchev–Trinajstić information content (AvgIpc) is 2.62. The third kappa shape index (κ3) is 6.70. The van der Waals surface area contributed by atoms with E-state index in [0.29, 0.717) is 24.6 Å². The van der Waals surface area contributed by atoms with Crippen molar-refractivity contribution in [2.45, 2.75) is 19.3 Å². The first-order valence-electron chi connectivity index (χ1n) is 8.17. The Morgan fingerprint density at radius 2 is 1.79 bits per heavy atom. The van der Waals surface area contributed by atoms with Gasteiger partial charge in [-0.2, -0.15) is 13.2 Å². The number of nitrogens with zero attached hydrogens (tertiary/aromatic N) is 2. The minimum absolute atomic E-state index is 0. The summed E-state index contributed by atoms with van der Waals surface area (Å²) in [5.41, 5.74) is 6.60. The van der Waals surface area contributed by atoms with E-state index in [1.165, 1.54) is 12.1 Å². The van der Waals surface area contributed by atoms with E-state index in [1.807, 2.05) is 6.07 Å². The van der Waals surface area contributed by atoms with Gasteiger partial charge in [-0.15, -0.1) is 24.0 Å². The van der Waals surface area contributed by atoms with Crippen molar-refractivity contribution in [2.75, 3.05) is 14.1 Å². The fourth-order valence-corrected chi connectivity index (χ4v) is 2.55. The number of benzene rings is 2. The SMILES string of the molecule is CN=C(NCc1cccc(C(N)=O)c1)N(C)Cc1ccc(C(F)(F)F)cc1.I. The maximum absolute atomic E-state index is 12.6. The Morgan fingerprint density at radius 1 is 1.14 bits per heavy atom. The minimum atomic E-state index is -4.35. The van der Waals surface area contributed by atoms with E-state index in [1.54, 1.807) is 37.2 Å². The lowest BCUT2D eigenvalue weighted by Crippen LogP contribution is -2.38. The molecular formula is C19H22F3IN4O. The molecule has 0 saturated carbocycles. The molecule has 28 heavy (non-hydrogen) atoms. The lowest BCUT2D eigenvalue weighted by molar-refractivity contribution is -0.137. The number of carbonyl (C=O) groups is 1. The second-order valence-corrected chi connectivity index (χ2v) is 6.02. The molecule has 0 unspecified atom stereocenters. The number of halogens is 4. The highest BCUT2D eigenvalue weighted by atomic mass is 127. The largest absolute Gasteiger partial charge is 0.416 e. The zero-order chi connectivity index (χ0) is 20.0. The standard InChI is InChI=1S/C19H21F3N4O.HI/c1-24-18(25-11-14-4-3-5-15(10-14)17(23)27)26(2)12-13-6-8-16(9-7-13)19(20,21)22;/h3-10H,11-12H2,1-2H3,(H2,23,27)(H,24,25);1H. The van der Waals surface area contributed by atoms with Crippen LogP contribution in [-0.4, -0.2) is 30.9 Å². The Hall–Kier alpha value is -2.30. The van der Waals surface area contributed by atoms with Crippen LogP contribution in [0.15, 0.2) is 53.5 Å². The van der Waals surface area contributed by atoms with Crippen LogP contribution < -0.4 is 11.1 Å².